The summed E-state index contributed by atoms with van der Waals surface area (Å²) >= 11 is 3.36. The fourth-order valence-corrected chi connectivity index (χ4v) is 2.03. The largest absolute Gasteiger partial charge is 0.346 e. The number of aromatic nitrogens is 6. The molecule has 94 valence electrons. The zero-order valence-electron chi connectivity index (χ0n) is 9.71. The number of H-pyrrole nitrogens is 2. The highest BCUT2D eigenvalue weighted by Crippen LogP contribution is 2.19. The molecular formula is C12H9BrN6. The van der Waals surface area contributed by atoms with Crippen molar-refractivity contribution in [2.45, 2.75) is 0 Å². The second kappa shape index (κ2) is 5.15. The van der Waals surface area contributed by atoms with E-state index in [1.807, 2.05) is 18.5 Å². The zero-order valence-corrected chi connectivity index (χ0v) is 11.3. The lowest BCUT2D eigenvalue weighted by Gasteiger charge is -1.84. The molecule has 4 aromatic rings. The maximum Gasteiger partial charge on any atom is 0.141 e. The lowest BCUT2D eigenvalue weighted by Crippen LogP contribution is -1.76. The van der Waals surface area contributed by atoms with E-state index in [1.165, 1.54) is 12.7 Å². The molecule has 0 aliphatic heterocycles. The molecule has 0 aliphatic carbocycles. The molecule has 0 aliphatic rings. The first-order valence-electron chi connectivity index (χ1n) is 5.50. The first kappa shape index (κ1) is 11.8. The van der Waals surface area contributed by atoms with Crippen molar-refractivity contribution in [3.8, 4) is 0 Å². The first-order chi connectivity index (χ1) is 9.34. The monoisotopic (exact) mass is 316 g/mol. The Morgan fingerprint density at radius 2 is 1.74 bits per heavy atom. The van der Waals surface area contributed by atoms with Gasteiger partial charge in [-0.25, -0.2) is 19.9 Å². The number of nitrogens with one attached hydrogen (secondary N) is 2. The van der Waals surface area contributed by atoms with Gasteiger partial charge in [0, 0.05) is 34.6 Å². The average Bonchev–Trinajstić information content (AvgIpc) is 3.07. The van der Waals surface area contributed by atoms with E-state index >= 15 is 0 Å². The smallest absolute Gasteiger partial charge is 0.141 e. The highest BCUT2D eigenvalue weighted by Gasteiger charge is 1.98. The molecule has 2 N–H and O–H groups in total. The molecule has 4 rings (SSSR count). The minimum absolute atomic E-state index is 0.863. The third-order valence-electron chi connectivity index (χ3n) is 2.53. The SMILES string of the molecule is Brc1c[nH]c2ncncc12.c1ncc2cc[nH]c2n1. The standard InChI is InChI=1S/C6H4BrN3.C6H5N3/c7-5-2-9-6-4(5)1-8-3-10-6;1-2-8-6-5(1)3-7-4-9-6/h1-3H,(H,8,9,10);1-4H,(H,7,8,9). The number of halogens is 1. The number of hydrogen-bond donors (Lipinski definition) is 2. The minimum Gasteiger partial charge on any atom is -0.346 e. The molecule has 6 nitrogen and oxygen atoms in total. The Hall–Kier alpha value is -2.28. The summed E-state index contributed by atoms with van der Waals surface area (Å²) in [6, 6.07) is 1.94. The van der Waals surface area contributed by atoms with Crippen molar-refractivity contribution >= 4 is 38.0 Å². The molecule has 0 spiro atoms. The summed E-state index contributed by atoms with van der Waals surface area (Å²) in [5, 5.41) is 2.07. The molecule has 7 heteroatoms. The summed E-state index contributed by atoms with van der Waals surface area (Å²) in [6.45, 7) is 0. The normalized spacial score (nSPS) is 10.4. The van der Waals surface area contributed by atoms with Crippen LogP contribution in [0.25, 0.3) is 22.1 Å². The quantitative estimate of drug-likeness (QED) is 0.522. The van der Waals surface area contributed by atoms with Crippen LogP contribution in [0.3, 0.4) is 0 Å². The summed E-state index contributed by atoms with van der Waals surface area (Å²) in [5.74, 6) is 0. The summed E-state index contributed by atoms with van der Waals surface area (Å²) in [4.78, 5) is 21.7. The Kier molecular flexibility index (Phi) is 3.20. The highest BCUT2D eigenvalue weighted by atomic mass is 79.9. The van der Waals surface area contributed by atoms with Crippen LogP contribution in [0.2, 0.25) is 0 Å². The maximum atomic E-state index is 4.01. The molecule has 0 saturated heterocycles. The summed E-state index contributed by atoms with van der Waals surface area (Å²) in [5.41, 5.74) is 1.76. The van der Waals surface area contributed by atoms with E-state index in [2.05, 4.69) is 45.8 Å². The van der Waals surface area contributed by atoms with Gasteiger partial charge in [0.05, 0.1) is 5.39 Å². The van der Waals surface area contributed by atoms with Crippen molar-refractivity contribution in [2.24, 2.45) is 0 Å². The molecule has 0 saturated carbocycles. The highest BCUT2D eigenvalue weighted by molar-refractivity contribution is 9.10. The van der Waals surface area contributed by atoms with Crippen molar-refractivity contribution in [2.75, 3.05) is 0 Å². The van der Waals surface area contributed by atoms with Gasteiger partial charge in [-0.15, -0.1) is 0 Å². The molecule has 0 amide bonds. The fourth-order valence-electron chi connectivity index (χ4n) is 1.62. The van der Waals surface area contributed by atoms with Gasteiger partial charge in [0.1, 0.15) is 23.9 Å². The molecule has 19 heavy (non-hydrogen) atoms. The Balaban J connectivity index is 0.000000117. The molecule has 0 fully saturated rings. The second-order valence-corrected chi connectivity index (χ2v) is 4.58. The van der Waals surface area contributed by atoms with Crippen LogP contribution in [0.4, 0.5) is 0 Å². The molecule has 0 unspecified atom stereocenters. The lowest BCUT2D eigenvalue weighted by atomic mass is 10.4. The van der Waals surface area contributed by atoms with E-state index in [0.717, 1.165) is 26.5 Å². The predicted octanol–water partition coefficient (Wildman–Crippen LogP) is 2.68. The van der Waals surface area contributed by atoms with Crippen LogP contribution in [0, 0.1) is 0 Å². The molecule has 4 aromatic heterocycles. The number of rotatable bonds is 0. The van der Waals surface area contributed by atoms with Crippen molar-refractivity contribution < 1.29 is 0 Å². The van der Waals surface area contributed by atoms with Gasteiger partial charge in [0.15, 0.2) is 0 Å². The zero-order chi connectivity index (χ0) is 13.1. The van der Waals surface area contributed by atoms with Crippen LogP contribution in [0.1, 0.15) is 0 Å². The molecule has 0 bridgehead atoms. The number of nitrogens with zero attached hydrogens (tertiary/aromatic N) is 4. The van der Waals surface area contributed by atoms with Crippen LogP contribution in [0.15, 0.2) is 48.0 Å². The Bertz CT molecular complexity index is 776. The van der Waals surface area contributed by atoms with Crippen LogP contribution >= 0.6 is 15.9 Å². The second-order valence-electron chi connectivity index (χ2n) is 3.73. The van der Waals surface area contributed by atoms with Gasteiger partial charge in [0.25, 0.3) is 0 Å². The topological polar surface area (TPSA) is 83.1 Å². The minimum atomic E-state index is 0.863. The van der Waals surface area contributed by atoms with Gasteiger partial charge in [-0.3, -0.25) is 0 Å². The average molecular weight is 317 g/mol. The van der Waals surface area contributed by atoms with Crippen molar-refractivity contribution in [3.63, 3.8) is 0 Å². The van der Waals surface area contributed by atoms with Crippen molar-refractivity contribution in [3.05, 3.63) is 48.0 Å². The van der Waals surface area contributed by atoms with Crippen molar-refractivity contribution in [1.82, 2.24) is 29.9 Å². The van der Waals surface area contributed by atoms with E-state index in [-0.39, 0.29) is 0 Å². The Morgan fingerprint density at radius 3 is 2.53 bits per heavy atom. The molecular weight excluding hydrogens is 308 g/mol. The van der Waals surface area contributed by atoms with Crippen LogP contribution in [-0.2, 0) is 0 Å². The Morgan fingerprint density at radius 1 is 0.947 bits per heavy atom. The van der Waals surface area contributed by atoms with E-state index in [1.54, 1.807) is 12.4 Å². The van der Waals surface area contributed by atoms with E-state index in [0.29, 0.717) is 0 Å². The third kappa shape index (κ3) is 2.45. The number of hydrogen-bond acceptors (Lipinski definition) is 4. The molecule has 0 radical (unpaired) electrons. The number of aromatic amines is 2. The van der Waals surface area contributed by atoms with Crippen molar-refractivity contribution in [1.29, 1.82) is 0 Å². The third-order valence-corrected chi connectivity index (χ3v) is 3.18. The number of fused-ring (bicyclic) bond motifs is 2. The summed E-state index contributed by atoms with van der Waals surface area (Å²) in [6.07, 6.45) is 10.3. The maximum absolute atomic E-state index is 4.01. The van der Waals surface area contributed by atoms with Gasteiger partial charge < -0.3 is 9.97 Å². The van der Waals surface area contributed by atoms with Gasteiger partial charge in [-0.05, 0) is 22.0 Å². The molecule has 0 aromatic carbocycles. The lowest BCUT2D eigenvalue weighted by molar-refractivity contribution is 1.20. The van der Waals surface area contributed by atoms with Gasteiger partial charge in [-0.2, -0.15) is 0 Å². The Labute approximate surface area is 116 Å². The summed E-state index contributed by atoms with van der Waals surface area (Å²) < 4.78 is 1.00. The molecule has 4 heterocycles. The predicted molar refractivity (Wildman–Crippen MR) is 75.5 cm³/mol. The van der Waals surface area contributed by atoms with E-state index in [9.17, 15) is 0 Å². The fraction of sp³-hybridized carbons (Fsp3) is 0. The van der Waals surface area contributed by atoms with Crippen LogP contribution in [0.5, 0.6) is 0 Å². The molecule has 0 atom stereocenters. The van der Waals surface area contributed by atoms with Crippen LogP contribution in [-0.4, -0.2) is 29.9 Å². The van der Waals surface area contributed by atoms with E-state index in [4.69, 9.17) is 0 Å². The van der Waals surface area contributed by atoms with Crippen LogP contribution < -0.4 is 0 Å². The first-order valence-corrected chi connectivity index (χ1v) is 6.29. The van der Waals surface area contributed by atoms with Gasteiger partial charge in [0.2, 0.25) is 0 Å². The van der Waals surface area contributed by atoms with Gasteiger partial charge >= 0.3 is 0 Å². The van der Waals surface area contributed by atoms with E-state index < -0.39 is 0 Å². The summed E-state index contributed by atoms with van der Waals surface area (Å²) in [7, 11) is 0. The van der Waals surface area contributed by atoms with Gasteiger partial charge in [-0.1, -0.05) is 0 Å².